The lowest BCUT2D eigenvalue weighted by Gasteiger charge is -2.09. The maximum Gasteiger partial charge on any atom is 0.220 e. The van der Waals surface area contributed by atoms with Crippen LogP contribution in [-0.2, 0) is 11.3 Å². The standard InChI is InChI=1S/C14H18Cl2N2O2/c15-10-6-9(14(20)12(16)7-10)8-17-5-1-2-13(19)18-11-3-4-11/h6-7,11,17,20H,1-5,8H2,(H,18,19). The summed E-state index contributed by atoms with van der Waals surface area (Å²) in [5.41, 5.74) is 0.657. The molecular formula is C14H18Cl2N2O2. The van der Waals surface area contributed by atoms with Crippen LogP contribution in [0.25, 0.3) is 0 Å². The van der Waals surface area contributed by atoms with Crippen LogP contribution < -0.4 is 10.6 Å². The van der Waals surface area contributed by atoms with Crippen molar-refractivity contribution >= 4 is 29.1 Å². The zero-order valence-corrected chi connectivity index (χ0v) is 12.6. The first-order valence-electron chi connectivity index (χ1n) is 6.73. The molecule has 1 saturated carbocycles. The Morgan fingerprint density at radius 2 is 2.10 bits per heavy atom. The van der Waals surface area contributed by atoms with Crippen molar-refractivity contribution in [2.45, 2.75) is 38.3 Å². The van der Waals surface area contributed by atoms with Crippen LogP contribution in [-0.4, -0.2) is 23.6 Å². The van der Waals surface area contributed by atoms with Gasteiger partial charge in [-0.25, -0.2) is 0 Å². The number of benzene rings is 1. The molecule has 110 valence electrons. The minimum atomic E-state index is 0.0510. The molecule has 1 aromatic carbocycles. The average Bonchev–Trinajstić information content (AvgIpc) is 3.18. The van der Waals surface area contributed by atoms with Gasteiger partial charge < -0.3 is 15.7 Å². The van der Waals surface area contributed by atoms with E-state index >= 15 is 0 Å². The molecular weight excluding hydrogens is 299 g/mol. The van der Waals surface area contributed by atoms with Gasteiger partial charge in [0.15, 0.2) is 0 Å². The van der Waals surface area contributed by atoms with Crippen LogP contribution in [0, 0.1) is 0 Å². The summed E-state index contributed by atoms with van der Waals surface area (Å²) in [7, 11) is 0. The van der Waals surface area contributed by atoms with Gasteiger partial charge in [0.1, 0.15) is 5.75 Å². The summed E-state index contributed by atoms with van der Waals surface area (Å²) in [5.74, 6) is 0.165. The van der Waals surface area contributed by atoms with Crippen LogP contribution in [0.15, 0.2) is 12.1 Å². The lowest BCUT2D eigenvalue weighted by Crippen LogP contribution is -2.26. The molecule has 4 nitrogen and oxygen atoms in total. The van der Waals surface area contributed by atoms with Gasteiger partial charge in [0.25, 0.3) is 0 Å². The Labute approximate surface area is 128 Å². The number of halogens is 2. The van der Waals surface area contributed by atoms with E-state index in [0.717, 1.165) is 19.3 Å². The summed E-state index contributed by atoms with van der Waals surface area (Å²) in [6.07, 6.45) is 3.50. The van der Waals surface area contributed by atoms with Crippen molar-refractivity contribution < 1.29 is 9.90 Å². The zero-order valence-electron chi connectivity index (χ0n) is 11.1. The highest BCUT2D eigenvalue weighted by molar-refractivity contribution is 6.35. The number of phenols is 1. The van der Waals surface area contributed by atoms with Gasteiger partial charge in [-0.15, -0.1) is 0 Å². The van der Waals surface area contributed by atoms with Crippen molar-refractivity contribution in [3.63, 3.8) is 0 Å². The number of aromatic hydroxyl groups is 1. The van der Waals surface area contributed by atoms with Crippen molar-refractivity contribution in [1.29, 1.82) is 0 Å². The maximum atomic E-state index is 11.5. The zero-order chi connectivity index (χ0) is 14.5. The van der Waals surface area contributed by atoms with Gasteiger partial charge in [-0.1, -0.05) is 23.2 Å². The Morgan fingerprint density at radius 3 is 2.80 bits per heavy atom. The summed E-state index contributed by atoms with van der Waals surface area (Å²) in [4.78, 5) is 11.5. The molecule has 2 rings (SSSR count). The second kappa shape index (κ2) is 7.16. The first-order valence-corrected chi connectivity index (χ1v) is 7.49. The fourth-order valence-electron chi connectivity index (χ4n) is 1.88. The molecule has 0 aromatic heterocycles. The third kappa shape index (κ3) is 4.85. The molecule has 0 unspecified atom stereocenters. The quantitative estimate of drug-likeness (QED) is 0.678. The number of hydrogen-bond acceptors (Lipinski definition) is 3. The van der Waals surface area contributed by atoms with E-state index in [1.165, 1.54) is 6.07 Å². The summed E-state index contributed by atoms with van der Waals surface area (Å²) in [6, 6.07) is 3.60. The van der Waals surface area contributed by atoms with E-state index in [0.29, 0.717) is 36.1 Å². The summed E-state index contributed by atoms with van der Waals surface area (Å²) in [5, 5.41) is 16.6. The topological polar surface area (TPSA) is 61.4 Å². The minimum absolute atomic E-state index is 0.0510. The molecule has 1 fully saturated rings. The Balaban J connectivity index is 1.66. The largest absolute Gasteiger partial charge is 0.506 e. The molecule has 0 radical (unpaired) electrons. The van der Waals surface area contributed by atoms with Crippen LogP contribution in [0.4, 0.5) is 0 Å². The second-order valence-electron chi connectivity index (χ2n) is 5.02. The summed E-state index contributed by atoms with van der Waals surface area (Å²) >= 11 is 11.7. The first kappa shape index (κ1) is 15.4. The second-order valence-corrected chi connectivity index (χ2v) is 5.86. The van der Waals surface area contributed by atoms with E-state index < -0.39 is 0 Å². The molecule has 1 amide bonds. The van der Waals surface area contributed by atoms with Crippen molar-refractivity contribution in [2.75, 3.05) is 6.54 Å². The predicted octanol–water partition coefficient (Wildman–Crippen LogP) is 2.85. The van der Waals surface area contributed by atoms with Crippen LogP contribution >= 0.6 is 23.2 Å². The van der Waals surface area contributed by atoms with Crippen LogP contribution in [0.1, 0.15) is 31.2 Å². The van der Waals surface area contributed by atoms with Crippen LogP contribution in [0.5, 0.6) is 5.75 Å². The molecule has 1 aliphatic carbocycles. The fraction of sp³-hybridized carbons (Fsp3) is 0.500. The van der Waals surface area contributed by atoms with Gasteiger partial charge in [0.05, 0.1) is 5.02 Å². The first-order chi connectivity index (χ1) is 9.56. The summed E-state index contributed by atoms with van der Waals surface area (Å²) in [6.45, 7) is 1.16. The van der Waals surface area contributed by atoms with Crippen molar-refractivity contribution in [1.82, 2.24) is 10.6 Å². The smallest absolute Gasteiger partial charge is 0.220 e. The van der Waals surface area contributed by atoms with E-state index in [1.54, 1.807) is 6.07 Å². The summed E-state index contributed by atoms with van der Waals surface area (Å²) < 4.78 is 0. The lowest BCUT2D eigenvalue weighted by molar-refractivity contribution is -0.121. The predicted molar refractivity (Wildman–Crippen MR) is 80.2 cm³/mol. The monoisotopic (exact) mass is 316 g/mol. The Bertz CT molecular complexity index is 490. The van der Waals surface area contributed by atoms with E-state index in [-0.39, 0.29) is 16.7 Å². The molecule has 0 heterocycles. The van der Waals surface area contributed by atoms with E-state index in [2.05, 4.69) is 10.6 Å². The van der Waals surface area contributed by atoms with Gasteiger partial charge in [-0.05, 0) is 37.9 Å². The molecule has 6 heteroatoms. The van der Waals surface area contributed by atoms with Crippen molar-refractivity contribution in [3.05, 3.63) is 27.7 Å². The van der Waals surface area contributed by atoms with Gasteiger partial charge in [0.2, 0.25) is 5.91 Å². The van der Waals surface area contributed by atoms with Crippen molar-refractivity contribution in [3.8, 4) is 5.75 Å². The van der Waals surface area contributed by atoms with Gasteiger partial charge >= 0.3 is 0 Å². The number of rotatable bonds is 7. The van der Waals surface area contributed by atoms with E-state index in [1.807, 2.05) is 0 Å². The number of carbonyl (C=O) groups is 1. The molecule has 1 aliphatic rings. The SMILES string of the molecule is O=C(CCCNCc1cc(Cl)cc(Cl)c1O)NC1CC1. The number of nitrogens with one attached hydrogen (secondary N) is 2. The molecule has 0 aliphatic heterocycles. The number of carbonyl (C=O) groups excluding carboxylic acids is 1. The Morgan fingerprint density at radius 1 is 1.35 bits per heavy atom. The molecule has 0 saturated heterocycles. The maximum absolute atomic E-state index is 11.5. The molecule has 0 bridgehead atoms. The molecule has 0 spiro atoms. The number of amides is 1. The fourth-order valence-corrected chi connectivity index (χ4v) is 2.41. The third-order valence-corrected chi connectivity index (χ3v) is 3.63. The Hall–Kier alpha value is -0.970. The number of phenolic OH excluding ortho intramolecular Hbond substituents is 1. The highest BCUT2D eigenvalue weighted by Crippen LogP contribution is 2.30. The highest BCUT2D eigenvalue weighted by Gasteiger charge is 2.22. The average molecular weight is 317 g/mol. The van der Waals surface area contributed by atoms with Crippen LogP contribution in [0.3, 0.4) is 0 Å². The van der Waals surface area contributed by atoms with E-state index in [4.69, 9.17) is 23.2 Å². The van der Waals surface area contributed by atoms with E-state index in [9.17, 15) is 9.90 Å². The molecule has 20 heavy (non-hydrogen) atoms. The molecule has 1 aromatic rings. The normalized spacial score (nSPS) is 14.3. The van der Waals surface area contributed by atoms with Crippen LogP contribution in [0.2, 0.25) is 10.0 Å². The number of hydrogen-bond donors (Lipinski definition) is 3. The van der Waals surface area contributed by atoms with Gasteiger partial charge in [0, 0.05) is 29.6 Å². The Kier molecular flexibility index (Phi) is 5.52. The lowest BCUT2D eigenvalue weighted by atomic mass is 10.2. The minimum Gasteiger partial charge on any atom is -0.506 e. The highest BCUT2D eigenvalue weighted by atomic mass is 35.5. The van der Waals surface area contributed by atoms with Gasteiger partial charge in [-0.3, -0.25) is 4.79 Å². The van der Waals surface area contributed by atoms with Crippen molar-refractivity contribution in [2.24, 2.45) is 0 Å². The molecule has 0 atom stereocenters. The molecule has 3 N–H and O–H groups in total. The third-order valence-electron chi connectivity index (χ3n) is 3.12. The van der Waals surface area contributed by atoms with Gasteiger partial charge in [-0.2, -0.15) is 0 Å².